The highest BCUT2D eigenvalue weighted by Gasteiger charge is 2.22. The third kappa shape index (κ3) is 3.89. The quantitative estimate of drug-likeness (QED) is 0.503. The van der Waals surface area contributed by atoms with Crippen LogP contribution in [0.25, 0.3) is 5.52 Å². The Kier molecular flexibility index (Phi) is 5.61. The first kappa shape index (κ1) is 18.9. The molecule has 1 aliphatic heterocycles. The summed E-state index contributed by atoms with van der Waals surface area (Å²) < 4.78 is 1.74. The standard InChI is InChI=1S/C19H23ClN6O2/c20-14-3-1-12(2-4-14)15(7-10-27)23-19-24-18(28)16-11-22-17(26(16)25-19)13-5-8-21-9-6-13/h1-4,11,13,15,21,27H,5-10H2,(H2,23,24,25,28). The van der Waals surface area contributed by atoms with Crippen LogP contribution in [0.5, 0.6) is 0 Å². The van der Waals surface area contributed by atoms with E-state index in [4.69, 9.17) is 11.6 Å². The van der Waals surface area contributed by atoms with Gasteiger partial charge in [0.2, 0.25) is 5.95 Å². The number of nitrogens with zero attached hydrogens (tertiary/aromatic N) is 3. The van der Waals surface area contributed by atoms with E-state index in [1.807, 2.05) is 12.1 Å². The predicted octanol–water partition coefficient (Wildman–Crippen LogP) is 2.07. The fraction of sp³-hybridized carbons (Fsp3) is 0.421. The maximum atomic E-state index is 12.5. The monoisotopic (exact) mass is 402 g/mol. The van der Waals surface area contributed by atoms with Gasteiger partial charge in [0.05, 0.1) is 12.2 Å². The number of anilines is 1. The summed E-state index contributed by atoms with van der Waals surface area (Å²) in [6, 6.07) is 7.17. The molecule has 4 rings (SSSR count). The molecule has 1 aromatic carbocycles. The molecule has 28 heavy (non-hydrogen) atoms. The van der Waals surface area contributed by atoms with Crippen molar-refractivity contribution < 1.29 is 5.11 Å². The van der Waals surface area contributed by atoms with Crippen molar-refractivity contribution in [3.8, 4) is 0 Å². The van der Waals surface area contributed by atoms with Gasteiger partial charge in [0.25, 0.3) is 5.56 Å². The predicted molar refractivity (Wildman–Crippen MR) is 108 cm³/mol. The number of halogens is 1. The van der Waals surface area contributed by atoms with Gasteiger partial charge in [-0.05, 0) is 50.0 Å². The average molecular weight is 403 g/mol. The van der Waals surface area contributed by atoms with Crippen LogP contribution in [-0.4, -0.2) is 44.4 Å². The molecular formula is C19H23ClN6O2. The maximum Gasteiger partial charge on any atom is 0.300 e. The van der Waals surface area contributed by atoms with E-state index in [1.165, 1.54) is 0 Å². The number of aromatic nitrogens is 4. The molecule has 3 heterocycles. The summed E-state index contributed by atoms with van der Waals surface area (Å²) in [5, 5.41) is 19.9. The second-order valence-electron chi connectivity index (χ2n) is 7.00. The molecule has 0 saturated carbocycles. The van der Waals surface area contributed by atoms with Crippen LogP contribution in [0.4, 0.5) is 5.95 Å². The maximum absolute atomic E-state index is 12.5. The molecule has 1 saturated heterocycles. The lowest BCUT2D eigenvalue weighted by Crippen LogP contribution is -2.28. The van der Waals surface area contributed by atoms with Crippen molar-refractivity contribution in [2.75, 3.05) is 25.0 Å². The number of aliphatic hydroxyl groups excluding tert-OH is 1. The topological polar surface area (TPSA) is 107 Å². The van der Waals surface area contributed by atoms with Crippen LogP contribution in [0.2, 0.25) is 5.02 Å². The molecule has 1 atom stereocenters. The van der Waals surface area contributed by atoms with Gasteiger partial charge in [0.15, 0.2) is 5.52 Å². The minimum absolute atomic E-state index is 0.00182. The first-order valence-electron chi connectivity index (χ1n) is 9.47. The first-order chi connectivity index (χ1) is 13.7. The number of nitrogens with one attached hydrogen (secondary N) is 3. The Balaban J connectivity index is 1.67. The van der Waals surface area contributed by atoms with Gasteiger partial charge in [-0.1, -0.05) is 23.7 Å². The van der Waals surface area contributed by atoms with Gasteiger partial charge in [-0.25, -0.2) is 9.50 Å². The van der Waals surface area contributed by atoms with Gasteiger partial charge in [-0.15, -0.1) is 0 Å². The summed E-state index contributed by atoms with van der Waals surface area (Å²) in [6.45, 7) is 1.88. The summed E-state index contributed by atoms with van der Waals surface area (Å²) in [7, 11) is 0. The van der Waals surface area contributed by atoms with E-state index in [0.29, 0.717) is 28.8 Å². The molecule has 9 heteroatoms. The lowest BCUT2D eigenvalue weighted by molar-refractivity contribution is 0.279. The van der Waals surface area contributed by atoms with Crippen molar-refractivity contribution >= 4 is 23.1 Å². The van der Waals surface area contributed by atoms with Gasteiger partial charge >= 0.3 is 0 Å². The van der Waals surface area contributed by atoms with Crippen LogP contribution in [0.15, 0.2) is 35.3 Å². The average Bonchev–Trinajstić information content (AvgIpc) is 3.13. The third-order valence-corrected chi connectivity index (χ3v) is 5.40. The molecule has 8 nitrogen and oxygen atoms in total. The minimum Gasteiger partial charge on any atom is -0.396 e. The largest absolute Gasteiger partial charge is 0.396 e. The van der Waals surface area contributed by atoms with Crippen LogP contribution >= 0.6 is 11.6 Å². The van der Waals surface area contributed by atoms with Crippen LogP contribution in [0, 0.1) is 0 Å². The Labute approximate surface area is 167 Å². The Bertz CT molecular complexity index is 994. The number of hydrogen-bond donors (Lipinski definition) is 4. The number of aliphatic hydroxyl groups is 1. The fourth-order valence-corrected chi connectivity index (χ4v) is 3.79. The first-order valence-corrected chi connectivity index (χ1v) is 9.85. The number of benzene rings is 1. The van der Waals surface area contributed by atoms with Crippen molar-refractivity contribution in [2.24, 2.45) is 0 Å². The Morgan fingerprint density at radius 1 is 1.29 bits per heavy atom. The second kappa shape index (κ2) is 8.30. The minimum atomic E-state index is -0.340. The van der Waals surface area contributed by atoms with E-state index >= 15 is 0 Å². The molecule has 1 fully saturated rings. The Morgan fingerprint density at radius 2 is 2.04 bits per heavy atom. The van der Waals surface area contributed by atoms with E-state index in [0.717, 1.165) is 37.3 Å². The van der Waals surface area contributed by atoms with Crippen molar-refractivity contribution in [1.29, 1.82) is 0 Å². The van der Waals surface area contributed by atoms with E-state index in [-0.39, 0.29) is 18.2 Å². The van der Waals surface area contributed by atoms with E-state index in [9.17, 15) is 9.90 Å². The smallest absolute Gasteiger partial charge is 0.300 e. The number of piperidine rings is 1. The SMILES string of the molecule is O=c1nc(NC(CCO)c2ccc(Cl)cc2)[nH]n2c(C3CCNCC3)ncc12. The molecule has 0 radical (unpaired) electrons. The molecule has 1 unspecified atom stereocenters. The van der Waals surface area contributed by atoms with E-state index in [1.54, 1.807) is 22.8 Å². The van der Waals surface area contributed by atoms with Gasteiger partial charge in [0.1, 0.15) is 5.82 Å². The molecule has 4 N–H and O–H groups in total. The number of fused-ring (bicyclic) bond motifs is 1. The lowest BCUT2D eigenvalue weighted by Gasteiger charge is -2.22. The number of aromatic amines is 1. The van der Waals surface area contributed by atoms with Crippen molar-refractivity contribution in [1.82, 2.24) is 24.9 Å². The van der Waals surface area contributed by atoms with Crippen LogP contribution in [-0.2, 0) is 0 Å². The van der Waals surface area contributed by atoms with Gasteiger partial charge in [0, 0.05) is 17.5 Å². The molecule has 3 aromatic rings. The normalized spacial score (nSPS) is 16.4. The zero-order valence-electron chi connectivity index (χ0n) is 15.4. The zero-order chi connectivity index (χ0) is 19.5. The molecule has 0 amide bonds. The highest BCUT2D eigenvalue weighted by atomic mass is 35.5. The molecule has 148 valence electrons. The number of imidazole rings is 1. The molecule has 0 aliphatic carbocycles. The van der Waals surface area contributed by atoms with Crippen molar-refractivity contribution in [2.45, 2.75) is 31.2 Å². The van der Waals surface area contributed by atoms with Crippen LogP contribution < -0.4 is 16.2 Å². The number of hydrogen-bond acceptors (Lipinski definition) is 6. The van der Waals surface area contributed by atoms with Crippen LogP contribution in [0.3, 0.4) is 0 Å². The van der Waals surface area contributed by atoms with E-state index < -0.39 is 0 Å². The van der Waals surface area contributed by atoms with Crippen molar-refractivity contribution in [3.63, 3.8) is 0 Å². The fourth-order valence-electron chi connectivity index (χ4n) is 3.67. The molecular weight excluding hydrogens is 380 g/mol. The van der Waals surface area contributed by atoms with Gasteiger partial charge < -0.3 is 15.7 Å². The second-order valence-corrected chi connectivity index (χ2v) is 7.44. The van der Waals surface area contributed by atoms with Crippen molar-refractivity contribution in [3.05, 3.63) is 57.2 Å². The van der Waals surface area contributed by atoms with Crippen LogP contribution in [0.1, 0.15) is 42.6 Å². The third-order valence-electron chi connectivity index (χ3n) is 5.14. The highest BCUT2D eigenvalue weighted by molar-refractivity contribution is 6.30. The molecule has 1 aliphatic rings. The number of H-pyrrole nitrogens is 1. The summed E-state index contributed by atoms with van der Waals surface area (Å²) >= 11 is 5.97. The lowest BCUT2D eigenvalue weighted by atomic mass is 9.97. The summed E-state index contributed by atoms with van der Waals surface area (Å²) in [5.74, 6) is 1.49. The Morgan fingerprint density at radius 3 is 2.75 bits per heavy atom. The van der Waals surface area contributed by atoms with E-state index in [2.05, 4.69) is 25.7 Å². The zero-order valence-corrected chi connectivity index (χ0v) is 16.1. The molecule has 0 spiro atoms. The molecule has 2 aromatic heterocycles. The number of rotatable bonds is 6. The summed E-state index contributed by atoms with van der Waals surface area (Å²) in [6.07, 6.45) is 4.00. The van der Waals surface area contributed by atoms with Gasteiger partial charge in [-0.2, -0.15) is 4.98 Å². The summed E-state index contributed by atoms with van der Waals surface area (Å²) in [4.78, 5) is 21.1. The summed E-state index contributed by atoms with van der Waals surface area (Å²) in [5.41, 5.74) is 1.04. The molecule has 0 bridgehead atoms. The van der Waals surface area contributed by atoms with Gasteiger partial charge in [-0.3, -0.25) is 9.89 Å². The Hall–Kier alpha value is -2.42. The highest BCUT2D eigenvalue weighted by Crippen LogP contribution is 2.25.